The second-order valence-electron chi connectivity index (χ2n) is 5.77. The normalized spacial score (nSPS) is 17.7. The highest BCUT2D eigenvalue weighted by atomic mass is 79.9. The van der Waals surface area contributed by atoms with Crippen molar-refractivity contribution in [1.29, 1.82) is 0 Å². The molecule has 0 N–H and O–H groups in total. The lowest BCUT2D eigenvalue weighted by molar-refractivity contribution is -0.119. The molecule has 3 rings (SSSR count). The smallest absolute Gasteiger partial charge is 0.308 e. The van der Waals surface area contributed by atoms with Gasteiger partial charge in [-0.2, -0.15) is 13.2 Å². The van der Waals surface area contributed by atoms with Crippen molar-refractivity contribution in [1.82, 2.24) is 9.88 Å². The fourth-order valence-electron chi connectivity index (χ4n) is 2.66. The number of pyridine rings is 1. The maximum Gasteiger partial charge on any atom is 0.446 e. The van der Waals surface area contributed by atoms with Gasteiger partial charge < -0.3 is 4.90 Å². The number of thioether (sulfide) groups is 1. The van der Waals surface area contributed by atoms with Crippen LogP contribution in [0.1, 0.15) is 12.5 Å². The number of urea groups is 1. The Labute approximate surface area is 165 Å². The van der Waals surface area contributed by atoms with E-state index in [0.717, 1.165) is 10.5 Å². The van der Waals surface area contributed by atoms with E-state index in [-0.39, 0.29) is 28.9 Å². The van der Waals surface area contributed by atoms with Crippen molar-refractivity contribution in [2.75, 3.05) is 4.90 Å². The molecule has 1 saturated heterocycles. The van der Waals surface area contributed by atoms with Gasteiger partial charge in [-0.05, 0) is 70.5 Å². The summed E-state index contributed by atoms with van der Waals surface area (Å²) in [6, 6.07) is 5.67. The highest BCUT2D eigenvalue weighted by Crippen LogP contribution is 2.38. The number of anilines is 1. The molecule has 1 aliphatic heterocycles. The van der Waals surface area contributed by atoms with Gasteiger partial charge in [-0.25, -0.2) is 9.69 Å². The van der Waals surface area contributed by atoms with Crippen LogP contribution in [0.2, 0.25) is 0 Å². The number of rotatable bonds is 4. The maximum atomic E-state index is 12.8. The standard InChI is InChI=1S/C17H13BrF3N3O2S/c1-10-15(25)24(12-2-4-13(5-3-12)27-17(19,20)21)16(26)23(10)9-11-6-7-22-8-14(11)18/h2-8,10H,9H2,1H3. The van der Waals surface area contributed by atoms with Crippen LogP contribution in [0.5, 0.6) is 0 Å². The summed E-state index contributed by atoms with van der Waals surface area (Å²) in [5, 5.41) is 0. The van der Waals surface area contributed by atoms with Crippen LogP contribution in [0.25, 0.3) is 0 Å². The molecule has 142 valence electrons. The molecule has 1 unspecified atom stereocenters. The van der Waals surface area contributed by atoms with Gasteiger partial charge in [-0.3, -0.25) is 9.78 Å². The number of amides is 3. The second-order valence-corrected chi connectivity index (χ2v) is 7.76. The van der Waals surface area contributed by atoms with E-state index >= 15 is 0 Å². The highest BCUT2D eigenvalue weighted by Gasteiger charge is 2.43. The Morgan fingerprint density at radius 2 is 1.85 bits per heavy atom. The van der Waals surface area contributed by atoms with Crippen LogP contribution in [-0.4, -0.2) is 33.4 Å². The van der Waals surface area contributed by atoms with Gasteiger partial charge in [0.15, 0.2) is 0 Å². The molecule has 1 aromatic carbocycles. The zero-order valence-electron chi connectivity index (χ0n) is 13.9. The van der Waals surface area contributed by atoms with Crippen LogP contribution in [0.4, 0.5) is 23.7 Å². The zero-order chi connectivity index (χ0) is 19.8. The summed E-state index contributed by atoms with van der Waals surface area (Å²) in [6.07, 6.45) is 3.18. The summed E-state index contributed by atoms with van der Waals surface area (Å²) in [6.45, 7) is 1.82. The first kappa shape index (κ1) is 19.7. The Morgan fingerprint density at radius 3 is 2.44 bits per heavy atom. The lowest BCUT2D eigenvalue weighted by atomic mass is 10.2. The van der Waals surface area contributed by atoms with E-state index in [9.17, 15) is 22.8 Å². The Balaban J connectivity index is 1.82. The summed E-state index contributed by atoms with van der Waals surface area (Å²) in [4.78, 5) is 31.7. The number of carbonyl (C=O) groups is 2. The third-order valence-electron chi connectivity index (χ3n) is 4.01. The van der Waals surface area contributed by atoms with Crippen LogP contribution in [0, 0.1) is 0 Å². The fourth-order valence-corrected chi connectivity index (χ4v) is 3.58. The molecule has 1 aromatic heterocycles. The molecular formula is C17H13BrF3N3O2S. The van der Waals surface area contributed by atoms with Gasteiger partial charge in [-0.15, -0.1) is 0 Å². The minimum absolute atomic E-state index is 0.0176. The van der Waals surface area contributed by atoms with Crippen molar-refractivity contribution in [2.45, 2.75) is 29.9 Å². The Bertz CT molecular complexity index is 876. The molecule has 10 heteroatoms. The fraction of sp³-hybridized carbons (Fsp3) is 0.235. The number of imide groups is 1. The van der Waals surface area contributed by atoms with Gasteiger partial charge >= 0.3 is 11.5 Å². The number of hydrogen-bond donors (Lipinski definition) is 0. The molecule has 5 nitrogen and oxygen atoms in total. The van der Waals surface area contributed by atoms with E-state index in [0.29, 0.717) is 4.47 Å². The van der Waals surface area contributed by atoms with Gasteiger partial charge in [0.1, 0.15) is 6.04 Å². The summed E-state index contributed by atoms with van der Waals surface area (Å²) < 4.78 is 38.0. The molecule has 1 fully saturated rings. The number of nitrogens with zero attached hydrogens (tertiary/aromatic N) is 3. The summed E-state index contributed by atoms with van der Waals surface area (Å²) in [7, 11) is 0. The highest BCUT2D eigenvalue weighted by molar-refractivity contribution is 9.10. The van der Waals surface area contributed by atoms with Crippen molar-refractivity contribution < 1.29 is 22.8 Å². The van der Waals surface area contributed by atoms with Crippen molar-refractivity contribution in [3.63, 3.8) is 0 Å². The lowest BCUT2D eigenvalue weighted by Crippen LogP contribution is -2.33. The van der Waals surface area contributed by atoms with E-state index in [1.54, 1.807) is 25.4 Å². The molecule has 0 radical (unpaired) electrons. The first-order valence-corrected chi connectivity index (χ1v) is 9.37. The molecule has 0 aliphatic carbocycles. The van der Waals surface area contributed by atoms with Gasteiger partial charge in [0.25, 0.3) is 5.91 Å². The number of aromatic nitrogens is 1. The average Bonchev–Trinajstić information content (AvgIpc) is 2.80. The molecule has 27 heavy (non-hydrogen) atoms. The quantitative estimate of drug-likeness (QED) is 0.486. The molecule has 2 heterocycles. The molecule has 0 bridgehead atoms. The van der Waals surface area contributed by atoms with Crippen molar-refractivity contribution >= 4 is 45.3 Å². The summed E-state index contributed by atoms with van der Waals surface area (Å²) in [5.41, 5.74) is -3.37. The number of benzene rings is 1. The number of halogens is 4. The van der Waals surface area contributed by atoms with Crippen LogP contribution < -0.4 is 4.90 Å². The van der Waals surface area contributed by atoms with Gasteiger partial charge in [0.2, 0.25) is 0 Å². The maximum absolute atomic E-state index is 12.8. The van der Waals surface area contributed by atoms with E-state index in [2.05, 4.69) is 20.9 Å². The van der Waals surface area contributed by atoms with Crippen molar-refractivity contribution in [3.05, 3.63) is 52.8 Å². The largest absolute Gasteiger partial charge is 0.446 e. The molecule has 0 saturated carbocycles. The van der Waals surface area contributed by atoms with Crippen molar-refractivity contribution in [2.24, 2.45) is 0 Å². The van der Waals surface area contributed by atoms with E-state index < -0.39 is 23.5 Å². The van der Waals surface area contributed by atoms with Crippen LogP contribution in [-0.2, 0) is 11.3 Å². The number of alkyl halides is 3. The Morgan fingerprint density at radius 1 is 1.19 bits per heavy atom. The Hall–Kier alpha value is -2.07. The summed E-state index contributed by atoms with van der Waals surface area (Å²) >= 11 is 3.11. The van der Waals surface area contributed by atoms with Gasteiger partial charge in [-0.1, -0.05) is 0 Å². The van der Waals surface area contributed by atoms with Crippen LogP contribution in [0.3, 0.4) is 0 Å². The predicted molar refractivity (Wildman–Crippen MR) is 98.2 cm³/mol. The SMILES string of the molecule is CC1C(=O)N(c2ccc(SC(F)(F)F)cc2)C(=O)N1Cc1ccncc1Br. The van der Waals surface area contributed by atoms with Crippen LogP contribution in [0.15, 0.2) is 52.1 Å². The Kier molecular flexibility index (Phi) is 5.48. The number of carbonyl (C=O) groups excluding carboxylic acids is 2. The second kappa shape index (κ2) is 7.51. The van der Waals surface area contributed by atoms with E-state index in [4.69, 9.17) is 0 Å². The molecular weight excluding hydrogens is 447 g/mol. The topological polar surface area (TPSA) is 53.5 Å². The first-order chi connectivity index (χ1) is 12.7. The average molecular weight is 460 g/mol. The van der Waals surface area contributed by atoms with E-state index in [1.165, 1.54) is 29.2 Å². The number of hydrogen-bond acceptors (Lipinski definition) is 4. The van der Waals surface area contributed by atoms with Crippen LogP contribution >= 0.6 is 27.7 Å². The molecule has 1 atom stereocenters. The predicted octanol–water partition coefficient (Wildman–Crippen LogP) is 4.81. The first-order valence-electron chi connectivity index (χ1n) is 7.76. The van der Waals surface area contributed by atoms with Gasteiger partial charge in [0, 0.05) is 28.3 Å². The lowest BCUT2D eigenvalue weighted by Gasteiger charge is -2.20. The molecule has 1 aliphatic rings. The third kappa shape index (κ3) is 4.27. The summed E-state index contributed by atoms with van der Waals surface area (Å²) in [5.74, 6) is -0.429. The van der Waals surface area contributed by atoms with Crippen molar-refractivity contribution in [3.8, 4) is 0 Å². The molecule has 3 amide bonds. The molecule has 0 spiro atoms. The zero-order valence-corrected chi connectivity index (χ0v) is 16.3. The van der Waals surface area contributed by atoms with E-state index in [1.807, 2.05) is 0 Å². The minimum atomic E-state index is -4.40. The third-order valence-corrected chi connectivity index (χ3v) is 5.46. The van der Waals surface area contributed by atoms with Gasteiger partial charge in [0.05, 0.1) is 5.69 Å². The molecule has 2 aromatic rings. The minimum Gasteiger partial charge on any atom is -0.308 e. The monoisotopic (exact) mass is 459 g/mol.